The van der Waals surface area contributed by atoms with Gasteiger partial charge in [-0.3, -0.25) is 0 Å². The number of carbonyl (C=O) groups is 1. The topological polar surface area (TPSA) is 123 Å². The Bertz CT molecular complexity index is 378. The van der Waals surface area contributed by atoms with Crippen LogP contribution in [0.25, 0.3) is 0 Å². The molecule has 0 unspecified atom stereocenters. The van der Waals surface area contributed by atoms with E-state index in [1.807, 2.05) is 0 Å². The smallest absolute Gasteiger partial charge is 0.363 e. The van der Waals surface area contributed by atoms with Crippen LogP contribution in [0.15, 0.2) is 18.3 Å². The molecule has 0 fully saturated rings. The molecule has 4 N–H and O–H groups in total. The number of nitrogens with two attached hydrogens (primary N) is 1. The highest BCUT2D eigenvalue weighted by Crippen LogP contribution is 2.10. The van der Waals surface area contributed by atoms with E-state index in [0.29, 0.717) is 18.8 Å². The lowest BCUT2D eigenvalue weighted by atomic mass is 10.4. The van der Waals surface area contributed by atoms with Gasteiger partial charge in [-0.25, -0.2) is 4.79 Å². The Hall–Kier alpha value is -2.38. The molecule has 8 nitrogen and oxygen atoms in total. The van der Waals surface area contributed by atoms with Crippen LogP contribution in [0.1, 0.15) is 0 Å². The number of primary amides is 1. The molecule has 8 heteroatoms. The quantitative estimate of drug-likeness (QED) is 0.371. The van der Waals surface area contributed by atoms with Gasteiger partial charge >= 0.3 is 11.8 Å². The minimum Gasteiger partial charge on any atom is -0.380 e. The number of hydrogen-bond acceptors (Lipinski definition) is 5. The Kier molecular flexibility index (Phi) is 4.01. The SMILES string of the molecule is NC(=O)NCCNc1ccc([N+](=O)[O-])nc1. The van der Waals surface area contributed by atoms with Gasteiger partial charge in [0.05, 0.1) is 5.69 Å². The summed E-state index contributed by atoms with van der Waals surface area (Å²) in [6.07, 6.45) is 1.35. The minimum absolute atomic E-state index is 0.208. The van der Waals surface area contributed by atoms with Crippen LogP contribution < -0.4 is 16.4 Å². The highest BCUT2D eigenvalue weighted by molar-refractivity contribution is 5.71. The van der Waals surface area contributed by atoms with Gasteiger partial charge in [0.15, 0.2) is 6.20 Å². The van der Waals surface area contributed by atoms with Crippen molar-refractivity contribution in [1.29, 1.82) is 0 Å². The molecule has 1 rings (SSSR count). The molecule has 0 saturated carbocycles. The second kappa shape index (κ2) is 5.49. The average molecular weight is 225 g/mol. The first-order valence-electron chi connectivity index (χ1n) is 4.47. The second-order valence-corrected chi connectivity index (χ2v) is 2.88. The molecule has 1 heterocycles. The summed E-state index contributed by atoms with van der Waals surface area (Å²) in [7, 11) is 0. The van der Waals surface area contributed by atoms with Crippen LogP contribution in [0, 0.1) is 10.1 Å². The molecule has 86 valence electrons. The number of nitrogens with one attached hydrogen (secondary N) is 2. The number of amides is 2. The zero-order valence-electron chi connectivity index (χ0n) is 8.34. The van der Waals surface area contributed by atoms with Gasteiger partial charge in [0.1, 0.15) is 0 Å². The fourth-order valence-corrected chi connectivity index (χ4v) is 0.991. The number of nitrogens with zero attached hydrogens (tertiary/aromatic N) is 2. The summed E-state index contributed by atoms with van der Waals surface area (Å²) < 4.78 is 0. The van der Waals surface area contributed by atoms with Crippen molar-refractivity contribution in [3.8, 4) is 0 Å². The predicted molar refractivity (Wildman–Crippen MR) is 57.0 cm³/mol. The van der Waals surface area contributed by atoms with E-state index in [1.54, 1.807) is 0 Å². The lowest BCUT2D eigenvalue weighted by molar-refractivity contribution is -0.389. The molecule has 0 spiro atoms. The monoisotopic (exact) mass is 225 g/mol. The van der Waals surface area contributed by atoms with E-state index in [1.165, 1.54) is 18.3 Å². The third-order valence-electron chi connectivity index (χ3n) is 1.69. The molecule has 0 aliphatic heterocycles. The molecule has 1 aromatic rings. The molecule has 0 aliphatic rings. The molecule has 0 aromatic carbocycles. The predicted octanol–water partition coefficient (Wildman–Crippen LogP) is 0.0700. The lowest BCUT2D eigenvalue weighted by Gasteiger charge is -2.04. The molecule has 2 amide bonds. The molecule has 0 saturated heterocycles. The van der Waals surface area contributed by atoms with Crippen LogP contribution in [-0.4, -0.2) is 29.0 Å². The molecule has 16 heavy (non-hydrogen) atoms. The number of pyridine rings is 1. The van der Waals surface area contributed by atoms with E-state index >= 15 is 0 Å². The zero-order valence-corrected chi connectivity index (χ0v) is 8.34. The standard InChI is InChI=1S/C8H11N5O3/c9-8(14)11-4-3-10-6-1-2-7(12-5-6)13(15)16/h1-2,5,10H,3-4H2,(H3,9,11,14). The van der Waals surface area contributed by atoms with E-state index in [-0.39, 0.29) is 5.82 Å². The van der Waals surface area contributed by atoms with Crippen LogP contribution in [0.2, 0.25) is 0 Å². The molecular weight excluding hydrogens is 214 g/mol. The number of anilines is 1. The van der Waals surface area contributed by atoms with Crippen LogP contribution in [-0.2, 0) is 0 Å². The Morgan fingerprint density at radius 2 is 2.25 bits per heavy atom. The Balaban J connectivity index is 2.38. The van der Waals surface area contributed by atoms with Crippen molar-refractivity contribution in [2.75, 3.05) is 18.4 Å². The fraction of sp³-hybridized carbons (Fsp3) is 0.250. The van der Waals surface area contributed by atoms with Crippen molar-refractivity contribution < 1.29 is 9.72 Å². The van der Waals surface area contributed by atoms with Crippen LogP contribution >= 0.6 is 0 Å². The Morgan fingerprint density at radius 1 is 1.50 bits per heavy atom. The molecule has 0 aliphatic carbocycles. The van der Waals surface area contributed by atoms with E-state index in [2.05, 4.69) is 15.6 Å². The molecule has 0 radical (unpaired) electrons. The first-order chi connectivity index (χ1) is 7.59. The number of hydrogen-bond donors (Lipinski definition) is 3. The van der Waals surface area contributed by atoms with E-state index < -0.39 is 11.0 Å². The molecule has 1 aromatic heterocycles. The van der Waals surface area contributed by atoms with Crippen molar-refractivity contribution in [3.63, 3.8) is 0 Å². The summed E-state index contributed by atoms with van der Waals surface area (Å²) in [4.78, 5) is 23.7. The van der Waals surface area contributed by atoms with Crippen LogP contribution in [0.4, 0.5) is 16.3 Å². The largest absolute Gasteiger partial charge is 0.380 e. The van der Waals surface area contributed by atoms with Crippen LogP contribution in [0.3, 0.4) is 0 Å². The highest BCUT2D eigenvalue weighted by atomic mass is 16.6. The van der Waals surface area contributed by atoms with Gasteiger partial charge in [0.25, 0.3) is 0 Å². The fourth-order valence-electron chi connectivity index (χ4n) is 0.991. The van der Waals surface area contributed by atoms with Gasteiger partial charge in [0.2, 0.25) is 0 Å². The maximum absolute atomic E-state index is 10.3. The van der Waals surface area contributed by atoms with E-state index in [4.69, 9.17) is 5.73 Å². The van der Waals surface area contributed by atoms with E-state index in [0.717, 1.165) is 0 Å². The summed E-state index contributed by atoms with van der Waals surface area (Å²) in [5.41, 5.74) is 5.50. The summed E-state index contributed by atoms with van der Waals surface area (Å²) in [6.45, 7) is 0.828. The zero-order chi connectivity index (χ0) is 12.0. The molecular formula is C8H11N5O3. The highest BCUT2D eigenvalue weighted by Gasteiger charge is 2.05. The van der Waals surface area contributed by atoms with Crippen LogP contribution in [0.5, 0.6) is 0 Å². The van der Waals surface area contributed by atoms with Gasteiger partial charge in [-0.05, 0) is 16.0 Å². The first-order valence-corrected chi connectivity index (χ1v) is 4.47. The van der Waals surface area contributed by atoms with Crippen molar-refractivity contribution in [1.82, 2.24) is 10.3 Å². The van der Waals surface area contributed by atoms with Gasteiger partial charge in [-0.1, -0.05) is 0 Å². The van der Waals surface area contributed by atoms with Gasteiger partial charge in [-0.15, -0.1) is 0 Å². The summed E-state index contributed by atoms with van der Waals surface area (Å²) in [5.74, 6) is -0.208. The normalized spacial score (nSPS) is 9.50. The maximum atomic E-state index is 10.3. The number of nitro groups is 1. The number of urea groups is 1. The summed E-state index contributed by atoms with van der Waals surface area (Å²) in [6, 6.07) is 2.24. The average Bonchev–Trinajstić information content (AvgIpc) is 2.25. The third kappa shape index (κ3) is 3.78. The number of aromatic nitrogens is 1. The van der Waals surface area contributed by atoms with Crippen molar-refractivity contribution in [2.45, 2.75) is 0 Å². The van der Waals surface area contributed by atoms with Crippen molar-refractivity contribution in [3.05, 3.63) is 28.4 Å². The van der Waals surface area contributed by atoms with Gasteiger partial charge < -0.3 is 26.5 Å². The summed E-state index contributed by atoms with van der Waals surface area (Å²) >= 11 is 0. The molecule has 0 atom stereocenters. The maximum Gasteiger partial charge on any atom is 0.363 e. The minimum atomic E-state index is -0.594. The number of rotatable bonds is 5. The lowest BCUT2D eigenvalue weighted by Crippen LogP contribution is -2.33. The first kappa shape index (κ1) is 11.7. The Morgan fingerprint density at radius 3 is 2.75 bits per heavy atom. The van der Waals surface area contributed by atoms with Gasteiger partial charge in [0, 0.05) is 19.2 Å². The number of carbonyl (C=O) groups excluding carboxylic acids is 1. The van der Waals surface area contributed by atoms with Crippen molar-refractivity contribution in [2.24, 2.45) is 5.73 Å². The van der Waals surface area contributed by atoms with E-state index in [9.17, 15) is 14.9 Å². The molecule has 0 bridgehead atoms. The van der Waals surface area contributed by atoms with Crippen molar-refractivity contribution >= 4 is 17.5 Å². The Labute approximate surface area is 91.0 Å². The van der Waals surface area contributed by atoms with Gasteiger partial charge in [-0.2, -0.15) is 0 Å². The second-order valence-electron chi connectivity index (χ2n) is 2.88. The third-order valence-corrected chi connectivity index (χ3v) is 1.69. The summed E-state index contributed by atoms with van der Waals surface area (Å²) in [5, 5.41) is 15.6.